The molecule has 2 aromatic rings. The van der Waals surface area contributed by atoms with Gasteiger partial charge in [-0.25, -0.2) is 4.98 Å². The van der Waals surface area contributed by atoms with Crippen molar-refractivity contribution in [2.45, 2.75) is 19.3 Å². The number of nitrogens with one attached hydrogen (secondary N) is 1. The molecule has 0 unspecified atom stereocenters. The van der Waals surface area contributed by atoms with Crippen molar-refractivity contribution in [3.05, 3.63) is 40.9 Å². The highest BCUT2D eigenvalue weighted by atomic mass is 16.2. The maximum absolute atomic E-state index is 12.0. The average molecular weight is 288 g/mol. The molecule has 0 aliphatic carbocycles. The van der Waals surface area contributed by atoms with Gasteiger partial charge in [0.25, 0.3) is 5.56 Å². The van der Waals surface area contributed by atoms with E-state index in [1.54, 1.807) is 19.4 Å². The van der Waals surface area contributed by atoms with Crippen LogP contribution in [0, 0.1) is 0 Å². The van der Waals surface area contributed by atoms with Crippen LogP contribution in [0.4, 0.5) is 5.95 Å². The van der Waals surface area contributed by atoms with Crippen molar-refractivity contribution < 1.29 is 5.11 Å². The smallest absolute Gasteiger partial charge is 0.255 e. The summed E-state index contributed by atoms with van der Waals surface area (Å²) in [6.07, 6.45) is 6.02. The molecule has 2 rings (SSSR count). The van der Waals surface area contributed by atoms with Gasteiger partial charge in [0.15, 0.2) is 0 Å². The highest BCUT2D eigenvalue weighted by Crippen LogP contribution is 2.15. The Bertz CT molecular complexity index is 625. The highest BCUT2D eigenvalue weighted by molar-refractivity contribution is 5.59. The zero-order valence-electron chi connectivity index (χ0n) is 12.1. The van der Waals surface area contributed by atoms with Crippen LogP contribution in [0.25, 0.3) is 11.3 Å². The van der Waals surface area contributed by atoms with Gasteiger partial charge in [-0.15, -0.1) is 0 Å². The summed E-state index contributed by atoms with van der Waals surface area (Å²) in [5, 5.41) is 11.9. The molecule has 0 amide bonds. The van der Waals surface area contributed by atoms with Gasteiger partial charge in [0.1, 0.15) is 0 Å². The summed E-state index contributed by atoms with van der Waals surface area (Å²) in [5.74, 6) is 0.554. The third-order valence-corrected chi connectivity index (χ3v) is 3.23. The minimum atomic E-state index is -0.102. The van der Waals surface area contributed by atoms with Crippen molar-refractivity contribution in [1.29, 1.82) is 0 Å². The molecule has 112 valence electrons. The summed E-state index contributed by atoms with van der Waals surface area (Å²) in [5.41, 5.74) is 1.40. The standard InChI is InChI=1S/C15H20N4O2/c1-19-14(21)11-13(12-5-8-16-9-6-12)18-15(19)17-7-3-2-4-10-20/h5-6,8-9,11,20H,2-4,7,10H2,1H3,(H,17,18). The summed E-state index contributed by atoms with van der Waals surface area (Å²) in [4.78, 5) is 20.5. The molecule has 21 heavy (non-hydrogen) atoms. The molecular weight excluding hydrogens is 268 g/mol. The van der Waals surface area contributed by atoms with Crippen LogP contribution in [-0.2, 0) is 7.05 Å². The van der Waals surface area contributed by atoms with Crippen LogP contribution in [0.1, 0.15) is 19.3 Å². The number of aromatic nitrogens is 3. The van der Waals surface area contributed by atoms with Crippen LogP contribution in [0.5, 0.6) is 0 Å². The number of aliphatic hydroxyl groups is 1. The molecular formula is C15H20N4O2. The Morgan fingerprint density at radius 1 is 1.24 bits per heavy atom. The fourth-order valence-corrected chi connectivity index (χ4v) is 1.98. The summed E-state index contributed by atoms with van der Waals surface area (Å²) >= 11 is 0. The quantitative estimate of drug-likeness (QED) is 0.753. The second-order valence-electron chi connectivity index (χ2n) is 4.81. The molecule has 2 heterocycles. The number of hydrogen-bond donors (Lipinski definition) is 2. The predicted molar refractivity (Wildman–Crippen MR) is 82.1 cm³/mol. The van der Waals surface area contributed by atoms with E-state index in [2.05, 4.69) is 15.3 Å². The molecule has 6 heteroatoms. The number of anilines is 1. The van der Waals surface area contributed by atoms with E-state index < -0.39 is 0 Å². The van der Waals surface area contributed by atoms with Crippen LogP contribution in [0.3, 0.4) is 0 Å². The van der Waals surface area contributed by atoms with Gasteiger partial charge in [-0.1, -0.05) is 0 Å². The molecule has 6 nitrogen and oxygen atoms in total. The third kappa shape index (κ3) is 4.13. The van der Waals surface area contributed by atoms with Crippen molar-refractivity contribution in [2.75, 3.05) is 18.5 Å². The van der Waals surface area contributed by atoms with Gasteiger partial charge in [0, 0.05) is 44.2 Å². The third-order valence-electron chi connectivity index (χ3n) is 3.23. The largest absolute Gasteiger partial charge is 0.396 e. The Balaban J connectivity index is 2.14. The second-order valence-corrected chi connectivity index (χ2v) is 4.81. The van der Waals surface area contributed by atoms with Crippen molar-refractivity contribution in [1.82, 2.24) is 14.5 Å². The molecule has 0 radical (unpaired) electrons. The maximum Gasteiger partial charge on any atom is 0.255 e. The Kier molecular flexibility index (Phi) is 5.45. The van der Waals surface area contributed by atoms with Gasteiger partial charge in [-0.05, 0) is 31.4 Å². The first kappa shape index (κ1) is 15.2. The number of unbranched alkanes of at least 4 members (excludes halogenated alkanes) is 2. The molecule has 0 atom stereocenters. The molecule has 0 fully saturated rings. The first-order valence-corrected chi connectivity index (χ1v) is 7.05. The molecule has 2 aromatic heterocycles. The lowest BCUT2D eigenvalue weighted by Crippen LogP contribution is -2.22. The number of aliphatic hydroxyl groups excluding tert-OH is 1. The summed E-state index contributed by atoms with van der Waals surface area (Å²) in [6.45, 7) is 0.939. The van der Waals surface area contributed by atoms with Crippen LogP contribution >= 0.6 is 0 Å². The van der Waals surface area contributed by atoms with E-state index >= 15 is 0 Å². The van der Waals surface area contributed by atoms with Gasteiger partial charge in [-0.2, -0.15) is 0 Å². The predicted octanol–water partition coefficient (Wildman–Crippen LogP) is 1.42. The van der Waals surface area contributed by atoms with E-state index in [4.69, 9.17) is 5.11 Å². The summed E-state index contributed by atoms with van der Waals surface area (Å²) < 4.78 is 1.50. The lowest BCUT2D eigenvalue weighted by molar-refractivity contribution is 0.283. The van der Waals surface area contributed by atoms with Crippen molar-refractivity contribution in [3.8, 4) is 11.3 Å². The van der Waals surface area contributed by atoms with Gasteiger partial charge in [0.2, 0.25) is 5.95 Å². The van der Waals surface area contributed by atoms with Gasteiger partial charge in [-0.3, -0.25) is 14.3 Å². The number of nitrogens with zero attached hydrogens (tertiary/aromatic N) is 3. The summed E-state index contributed by atoms with van der Waals surface area (Å²) in [7, 11) is 1.70. The molecule has 0 aliphatic heterocycles. The minimum Gasteiger partial charge on any atom is -0.396 e. The minimum absolute atomic E-state index is 0.102. The lowest BCUT2D eigenvalue weighted by Gasteiger charge is -2.11. The monoisotopic (exact) mass is 288 g/mol. The number of hydrogen-bond acceptors (Lipinski definition) is 5. The van der Waals surface area contributed by atoms with E-state index in [9.17, 15) is 4.79 Å². The van der Waals surface area contributed by atoms with Gasteiger partial charge >= 0.3 is 0 Å². The van der Waals surface area contributed by atoms with E-state index in [0.29, 0.717) is 11.6 Å². The van der Waals surface area contributed by atoms with Crippen LogP contribution in [0.15, 0.2) is 35.4 Å². The molecule has 0 saturated heterocycles. The Hall–Kier alpha value is -2.21. The van der Waals surface area contributed by atoms with Crippen molar-refractivity contribution >= 4 is 5.95 Å². The molecule has 0 aromatic carbocycles. The molecule has 2 N–H and O–H groups in total. The zero-order valence-corrected chi connectivity index (χ0v) is 12.1. The van der Waals surface area contributed by atoms with Crippen molar-refractivity contribution in [2.24, 2.45) is 7.05 Å². The lowest BCUT2D eigenvalue weighted by atomic mass is 10.2. The summed E-state index contributed by atoms with van der Waals surface area (Å²) in [6, 6.07) is 5.17. The van der Waals surface area contributed by atoms with Crippen molar-refractivity contribution in [3.63, 3.8) is 0 Å². The fraction of sp³-hybridized carbons (Fsp3) is 0.400. The first-order valence-electron chi connectivity index (χ1n) is 7.05. The number of rotatable bonds is 7. The normalized spacial score (nSPS) is 10.6. The molecule has 0 spiro atoms. The van der Waals surface area contributed by atoms with Crippen LogP contribution < -0.4 is 10.9 Å². The SMILES string of the molecule is Cn1c(NCCCCCO)nc(-c2ccncc2)cc1=O. The van der Waals surface area contributed by atoms with Crippen LogP contribution in [0.2, 0.25) is 0 Å². The van der Waals surface area contributed by atoms with E-state index in [-0.39, 0.29) is 12.2 Å². The van der Waals surface area contributed by atoms with E-state index in [1.807, 2.05) is 12.1 Å². The average Bonchev–Trinajstić information content (AvgIpc) is 2.51. The number of pyridine rings is 1. The van der Waals surface area contributed by atoms with Crippen LogP contribution in [-0.4, -0.2) is 32.8 Å². The Morgan fingerprint density at radius 2 is 2.00 bits per heavy atom. The highest BCUT2D eigenvalue weighted by Gasteiger charge is 2.07. The first-order chi connectivity index (χ1) is 10.2. The molecule has 0 aliphatic rings. The second kappa shape index (κ2) is 7.54. The zero-order chi connectivity index (χ0) is 15.1. The maximum atomic E-state index is 12.0. The fourth-order valence-electron chi connectivity index (χ4n) is 1.98. The molecule has 0 saturated carbocycles. The molecule has 0 bridgehead atoms. The van der Waals surface area contributed by atoms with E-state index in [0.717, 1.165) is 31.4 Å². The Morgan fingerprint density at radius 3 is 2.71 bits per heavy atom. The van der Waals surface area contributed by atoms with Gasteiger partial charge < -0.3 is 10.4 Å². The Labute approximate surface area is 123 Å². The topological polar surface area (TPSA) is 80.0 Å². The van der Waals surface area contributed by atoms with E-state index in [1.165, 1.54) is 10.6 Å². The van der Waals surface area contributed by atoms with Gasteiger partial charge in [0.05, 0.1) is 5.69 Å².